The summed E-state index contributed by atoms with van der Waals surface area (Å²) in [5, 5.41) is 3.33. The van der Waals surface area contributed by atoms with Crippen molar-refractivity contribution in [1.29, 1.82) is 0 Å². The number of unbranched alkanes of at least 4 members (excludes halogenated alkanes) is 2. The number of likely N-dealkylation sites (N-methyl/N-ethyl adjacent to an activating group) is 1. The van der Waals surface area contributed by atoms with Crippen molar-refractivity contribution in [3.8, 4) is 0 Å². The molecule has 0 saturated carbocycles. The second kappa shape index (κ2) is 9.65. The van der Waals surface area contributed by atoms with Crippen molar-refractivity contribution in [2.75, 3.05) is 25.5 Å². The number of rotatable bonds is 9. The van der Waals surface area contributed by atoms with Crippen LogP contribution in [-0.2, 0) is 6.42 Å². The summed E-state index contributed by atoms with van der Waals surface area (Å²) in [6.45, 7) is 3.75. The summed E-state index contributed by atoms with van der Waals surface area (Å²) in [7, 11) is 1.82. The first-order valence-corrected chi connectivity index (χ1v) is 8.54. The van der Waals surface area contributed by atoms with E-state index < -0.39 is 0 Å². The number of carbonyl (C=O) groups excluding carboxylic acids is 1. The summed E-state index contributed by atoms with van der Waals surface area (Å²) in [4.78, 5) is 22.5. The van der Waals surface area contributed by atoms with Gasteiger partial charge in [-0.25, -0.2) is 0 Å². The maximum absolute atomic E-state index is 12.5. The SMILES string of the molecule is CCCCCNc1cncc(C(=O)N(C)CCc2ccncc2)c1. The zero-order valence-electron chi connectivity index (χ0n) is 14.5. The van der Waals surface area contributed by atoms with Crippen molar-refractivity contribution in [1.82, 2.24) is 14.9 Å². The van der Waals surface area contributed by atoms with E-state index in [4.69, 9.17) is 0 Å². The lowest BCUT2D eigenvalue weighted by Gasteiger charge is -2.17. The third-order valence-electron chi connectivity index (χ3n) is 3.93. The fraction of sp³-hybridized carbons (Fsp3) is 0.421. The largest absolute Gasteiger partial charge is 0.384 e. The molecule has 2 aromatic rings. The minimum Gasteiger partial charge on any atom is -0.384 e. The number of hydrogen-bond donors (Lipinski definition) is 1. The van der Waals surface area contributed by atoms with Gasteiger partial charge in [0, 0.05) is 44.9 Å². The number of aromatic nitrogens is 2. The maximum Gasteiger partial charge on any atom is 0.255 e. The molecule has 1 amide bonds. The highest BCUT2D eigenvalue weighted by atomic mass is 16.2. The van der Waals surface area contributed by atoms with E-state index in [-0.39, 0.29) is 5.91 Å². The number of hydrogen-bond acceptors (Lipinski definition) is 4. The van der Waals surface area contributed by atoms with Crippen LogP contribution in [0.3, 0.4) is 0 Å². The molecule has 0 aromatic carbocycles. The molecule has 0 bridgehead atoms. The van der Waals surface area contributed by atoms with Gasteiger partial charge in [-0.05, 0) is 36.6 Å². The monoisotopic (exact) mass is 326 g/mol. The predicted molar refractivity (Wildman–Crippen MR) is 97.2 cm³/mol. The van der Waals surface area contributed by atoms with Crippen LogP contribution in [-0.4, -0.2) is 40.9 Å². The highest BCUT2D eigenvalue weighted by molar-refractivity contribution is 5.94. The number of nitrogens with one attached hydrogen (secondary N) is 1. The van der Waals surface area contributed by atoms with E-state index >= 15 is 0 Å². The Morgan fingerprint density at radius 2 is 1.96 bits per heavy atom. The first kappa shape index (κ1) is 17.9. The van der Waals surface area contributed by atoms with E-state index in [0.717, 1.165) is 25.1 Å². The van der Waals surface area contributed by atoms with Crippen molar-refractivity contribution >= 4 is 11.6 Å². The Kier molecular flexibility index (Phi) is 7.21. The molecule has 5 nitrogen and oxygen atoms in total. The molecule has 0 fully saturated rings. The van der Waals surface area contributed by atoms with Gasteiger partial charge < -0.3 is 10.2 Å². The van der Waals surface area contributed by atoms with Gasteiger partial charge in [0.2, 0.25) is 0 Å². The van der Waals surface area contributed by atoms with Crippen molar-refractivity contribution in [2.24, 2.45) is 0 Å². The topological polar surface area (TPSA) is 58.1 Å². The number of amides is 1. The normalized spacial score (nSPS) is 10.4. The van der Waals surface area contributed by atoms with Gasteiger partial charge in [0.15, 0.2) is 0 Å². The third kappa shape index (κ3) is 5.65. The Bertz CT molecular complexity index is 630. The lowest BCUT2D eigenvalue weighted by Crippen LogP contribution is -2.29. The highest BCUT2D eigenvalue weighted by Crippen LogP contribution is 2.11. The smallest absolute Gasteiger partial charge is 0.255 e. The van der Waals surface area contributed by atoms with E-state index in [0.29, 0.717) is 12.1 Å². The maximum atomic E-state index is 12.5. The minimum absolute atomic E-state index is 0.00577. The molecular weight excluding hydrogens is 300 g/mol. The molecule has 0 unspecified atom stereocenters. The van der Waals surface area contributed by atoms with E-state index in [1.54, 1.807) is 29.7 Å². The van der Waals surface area contributed by atoms with E-state index in [2.05, 4.69) is 22.2 Å². The zero-order chi connectivity index (χ0) is 17.2. The average molecular weight is 326 g/mol. The van der Waals surface area contributed by atoms with Gasteiger partial charge in [-0.3, -0.25) is 14.8 Å². The van der Waals surface area contributed by atoms with Crippen molar-refractivity contribution in [3.63, 3.8) is 0 Å². The summed E-state index contributed by atoms with van der Waals surface area (Å²) in [5.41, 5.74) is 2.70. The molecule has 2 aromatic heterocycles. The lowest BCUT2D eigenvalue weighted by atomic mass is 10.2. The molecule has 1 N–H and O–H groups in total. The molecule has 0 aliphatic heterocycles. The molecular formula is C19H26N4O. The number of carbonyl (C=O) groups is 1. The quantitative estimate of drug-likeness (QED) is 0.718. The summed E-state index contributed by atoms with van der Waals surface area (Å²) < 4.78 is 0. The number of pyridine rings is 2. The molecule has 0 aliphatic carbocycles. The van der Waals surface area contributed by atoms with E-state index in [1.807, 2.05) is 25.2 Å². The van der Waals surface area contributed by atoms with Crippen LogP contribution in [0.15, 0.2) is 43.0 Å². The fourth-order valence-corrected chi connectivity index (χ4v) is 2.43. The van der Waals surface area contributed by atoms with Crippen LogP contribution < -0.4 is 5.32 Å². The van der Waals surface area contributed by atoms with Crippen LogP contribution in [0.25, 0.3) is 0 Å². The van der Waals surface area contributed by atoms with Crippen LogP contribution in [0, 0.1) is 0 Å². The summed E-state index contributed by atoms with van der Waals surface area (Å²) >= 11 is 0. The molecule has 2 rings (SSSR count). The van der Waals surface area contributed by atoms with Gasteiger partial charge in [0.05, 0.1) is 11.3 Å². The average Bonchev–Trinajstić information content (AvgIpc) is 2.64. The molecule has 5 heteroatoms. The summed E-state index contributed by atoms with van der Waals surface area (Å²) in [5.74, 6) is -0.00577. The Hall–Kier alpha value is -2.43. The number of anilines is 1. The minimum atomic E-state index is -0.00577. The third-order valence-corrected chi connectivity index (χ3v) is 3.93. The Morgan fingerprint density at radius 3 is 2.71 bits per heavy atom. The van der Waals surface area contributed by atoms with Crippen molar-refractivity contribution < 1.29 is 4.79 Å². The van der Waals surface area contributed by atoms with Gasteiger partial charge in [-0.1, -0.05) is 19.8 Å². The molecule has 0 atom stereocenters. The van der Waals surface area contributed by atoms with Gasteiger partial charge in [0.25, 0.3) is 5.91 Å². The first-order valence-electron chi connectivity index (χ1n) is 8.54. The fourth-order valence-electron chi connectivity index (χ4n) is 2.43. The van der Waals surface area contributed by atoms with Gasteiger partial charge >= 0.3 is 0 Å². The first-order chi connectivity index (χ1) is 11.7. The molecule has 0 radical (unpaired) electrons. The van der Waals surface area contributed by atoms with Crippen LogP contribution in [0.4, 0.5) is 5.69 Å². The van der Waals surface area contributed by atoms with Gasteiger partial charge in [-0.15, -0.1) is 0 Å². The van der Waals surface area contributed by atoms with Gasteiger partial charge in [-0.2, -0.15) is 0 Å². The van der Waals surface area contributed by atoms with Crippen LogP contribution in [0.5, 0.6) is 0 Å². The molecule has 0 spiro atoms. The molecule has 0 saturated heterocycles. The molecule has 2 heterocycles. The van der Waals surface area contributed by atoms with Gasteiger partial charge in [0.1, 0.15) is 0 Å². The molecule has 128 valence electrons. The molecule has 0 aliphatic rings. The van der Waals surface area contributed by atoms with Crippen LogP contribution >= 0.6 is 0 Å². The lowest BCUT2D eigenvalue weighted by molar-refractivity contribution is 0.0796. The second-order valence-corrected chi connectivity index (χ2v) is 5.93. The standard InChI is InChI=1S/C19H26N4O/c1-3-4-5-9-22-18-13-17(14-21-15-18)19(24)23(2)12-8-16-6-10-20-11-7-16/h6-7,10-11,13-15,22H,3-5,8-9,12H2,1-2H3. The Balaban J connectivity index is 1.88. The Morgan fingerprint density at radius 1 is 1.17 bits per heavy atom. The summed E-state index contributed by atoms with van der Waals surface area (Å²) in [6.07, 6.45) is 11.3. The highest BCUT2D eigenvalue weighted by Gasteiger charge is 2.12. The molecule has 24 heavy (non-hydrogen) atoms. The summed E-state index contributed by atoms with van der Waals surface area (Å²) in [6, 6.07) is 5.83. The van der Waals surface area contributed by atoms with E-state index in [1.165, 1.54) is 18.4 Å². The van der Waals surface area contributed by atoms with E-state index in [9.17, 15) is 4.79 Å². The van der Waals surface area contributed by atoms with Crippen molar-refractivity contribution in [2.45, 2.75) is 32.6 Å². The van der Waals surface area contributed by atoms with Crippen LogP contribution in [0.2, 0.25) is 0 Å². The predicted octanol–water partition coefficient (Wildman–Crippen LogP) is 3.39. The second-order valence-electron chi connectivity index (χ2n) is 5.93. The zero-order valence-corrected chi connectivity index (χ0v) is 14.5. The van der Waals surface area contributed by atoms with Crippen molar-refractivity contribution in [3.05, 3.63) is 54.1 Å². The number of nitrogens with zero attached hydrogens (tertiary/aromatic N) is 3. The van der Waals surface area contributed by atoms with Crippen LogP contribution in [0.1, 0.15) is 42.1 Å². The Labute approximate surface area is 144 Å².